The fourth-order valence-electron chi connectivity index (χ4n) is 2.70. The van der Waals surface area contributed by atoms with Crippen molar-refractivity contribution >= 4 is 10.0 Å². The number of hydrogen-bond acceptors (Lipinski definition) is 3. The van der Waals surface area contributed by atoms with Crippen LogP contribution in [0.4, 0.5) is 0 Å². The maximum absolute atomic E-state index is 12.4. The summed E-state index contributed by atoms with van der Waals surface area (Å²) in [7, 11) is -1.84. The van der Waals surface area contributed by atoms with Crippen LogP contribution in [0.1, 0.15) is 38.2 Å². The highest BCUT2D eigenvalue weighted by Gasteiger charge is 2.39. The van der Waals surface area contributed by atoms with E-state index in [9.17, 15) is 8.42 Å². The van der Waals surface area contributed by atoms with Crippen LogP contribution in [0, 0.1) is 6.92 Å². The highest BCUT2D eigenvalue weighted by molar-refractivity contribution is 7.89. The van der Waals surface area contributed by atoms with Gasteiger partial charge in [-0.25, -0.2) is 13.1 Å². The van der Waals surface area contributed by atoms with Crippen molar-refractivity contribution in [3.8, 4) is 0 Å². The van der Waals surface area contributed by atoms with E-state index in [-0.39, 0.29) is 6.04 Å². The highest BCUT2D eigenvalue weighted by atomic mass is 32.2. The average Bonchev–Trinajstić information content (AvgIpc) is 2.42. The Morgan fingerprint density at radius 2 is 1.90 bits per heavy atom. The zero-order valence-electron chi connectivity index (χ0n) is 12.3. The minimum atomic E-state index is -3.49. The standard InChI is InChI=1S/C15H23NO3S/c1-12-7-9-13(10-8-12)20(17,18)16-14-6-4-5-11-15(14,2)19-3/h7-10,14,16H,4-6,11H2,1-3H3/t14-,15-/m0/s1. The topological polar surface area (TPSA) is 55.4 Å². The third-order valence-corrected chi connectivity index (χ3v) is 5.74. The summed E-state index contributed by atoms with van der Waals surface area (Å²) in [6.45, 7) is 3.92. The van der Waals surface area contributed by atoms with Gasteiger partial charge in [-0.05, 0) is 38.8 Å². The Kier molecular flexibility index (Phi) is 4.52. The molecule has 1 N–H and O–H groups in total. The van der Waals surface area contributed by atoms with E-state index in [1.165, 1.54) is 0 Å². The van der Waals surface area contributed by atoms with Crippen molar-refractivity contribution in [1.29, 1.82) is 0 Å². The quantitative estimate of drug-likeness (QED) is 0.929. The van der Waals surface area contributed by atoms with E-state index in [1.54, 1.807) is 19.2 Å². The average molecular weight is 297 g/mol. The normalized spacial score (nSPS) is 27.4. The third kappa shape index (κ3) is 3.22. The molecule has 1 aromatic rings. The first-order chi connectivity index (χ1) is 9.37. The van der Waals surface area contributed by atoms with Crippen molar-refractivity contribution in [3.05, 3.63) is 29.8 Å². The van der Waals surface area contributed by atoms with Crippen molar-refractivity contribution in [2.24, 2.45) is 0 Å². The van der Waals surface area contributed by atoms with Crippen LogP contribution < -0.4 is 4.72 Å². The lowest BCUT2D eigenvalue weighted by atomic mass is 9.82. The number of sulfonamides is 1. The van der Waals surface area contributed by atoms with Crippen molar-refractivity contribution in [3.63, 3.8) is 0 Å². The molecule has 0 unspecified atom stereocenters. The minimum Gasteiger partial charge on any atom is -0.377 e. The van der Waals surface area contributed by atoms with Crippen molar-refractivity contribution in [1.82, 2.24) is 4.72 Å². The summed E-state index contributed by atoms with van der Waals surface area (Å²) in [4.78, 5) is 0.312. The van der Waals surface area contributed by atoms with Gasteiger partial charge in [-0.1, -0.05) is 30.5 Å². The molecule has 0 amide bonds. The first-order valence-electron chi connectivity index (χ1n) is 7.01. The molecule has 0 bridgehead atoms. The van der Waals surface area contributed by atoms with Crippen molar-refractivity contribution in [2.75, 3.05) is 7.11 Å². The molecule has 4 nitrogen and oxygen atoms in total. The van der Waals surface area contributed by atoms with E-state index >= 15 is 0 Å². The number of rotatable bonds is 4. The Hall–Kier alpha value is -0.910. The van der Waals surface area contributed by atoms with Gasteiger partial charge in [-0.15, -0.1) is 0 Å². The Bertz CT molecular complexity index is 553. The molecule has 2 rings (SSSR count). The monoisotopic (exact) mass is 297 g/mol. The van der Waals surface area contributed by atoms with Gasteiger partial charge in [0.15, 0.2) is 0 Å². The maximum Gasteiger partial charge on any atom is 0.240 e. The molecule has 0 saturated heterocycles. The second-order valence-electron chi connectivity index (χ2n) is 5.75. The van der Waals surface area contributed by atoms with Crippen LogP contribution in [0.25, 0.3) is 0 Å². The van der Waals surface area contributed by atoms with Crippen LogP contribution in [-0.2, 0) is 14.8 Å². The van der Waals surface area contributed by atoms with Crippen LogP contribution in [-0.4, -0.2) is 27.2 Å². The lowest BCUT2D eigenvalue weighted by Crippen LogP contribution is -2.53. The summed E-state index contributed by atoms with van der Waals surface area (Å²) < 4.78 is 33.3. The Morgan fingerprint density at radius 1 is 1.25 bits per heavy atom. The van der Waals surface area contributed by atoms with Crippen LogP contribution in [0.5, 0.6) is 0 Å². The second kappa shape index (κ2) is 5.84. The number of aryl methyl sites for hydroxylation is 1. The molecule has 1 aliphatic carbocycles. The molecule has 0 aromatic heterocycles. The van der Waals surface area contributed by atoms with Gasteiger partial charge in [0.25, 0.3) is 0 Å². The number of benzene rings is 1. The predicted molar refractivity (Wildman–Crippen MR) is 79.2 cm³/mol. The van der Waals surface area contributed by atoms with Gasteiger partial charge in [0.1, 0.15) is 0 Å². The van der Waals surface area contributed by atoms with E-state index in [0.717, 1.165) is 31.2 Å². The summed E-state index contributed by atoms with van der Waals surface area (Å²) in [5.41, 5.74) is 0.624. The molecular weight excluding hydrogens is 274 g/mol. The smallest absolute Gasteiger partial charge is 0.240 e. The molecule has 1 aromatic carbocycles. The molecule has 20 heavy (non-hydrogen) atoms. The molecular formula is C15H23NO3S. The molecule has 0 heterocycles. The number of hydrogen-bond donors (Lipinski definition) is 1. The maximum atomic E-state index is 12.4. The molecule has 5 heteroatoms. The van der Waals surface area contributed by atoms with Crippen molar-refractivity contribution in [2.45, 2.75) is 56.1 Å². The Labute approximate surface area is 121 Å². The molecule has 2 atom stereocenters. The molecule has 1 saturated carbocycles. The van der Waals surface area contributed by atoms with E-state index in [1.807, 2.05) is 26.0 Å². The highest BCUT2D eigenvalue weighted by Crippen LogP contribution is 2.32. The molecule has 112 valence electrons. The van der Waals surface area contributed by atoms with Crippen molar-refractivity contribution < 1.29 is 13.2 Å². The van der Waals surface area contributed by atoms with Gasteiger partial charge in [0.05, 0.1) is 16.5 Å². The van der Waals surface area contributed by atoms with Crippen LogP contribution in [0.2, 0.25) is 0 Å². The van der Waals surface area contributed by atoms with E-state index in [0.29, 0.717) is 4.90 Å². The number of nitrogens with one attached hydrogen (secondary N) is 1. The molecule has 1 fully saturated rings. The Balaban J connectivity index is 2.21. The number of ether oxygens (including phenoxy) is 1. The second-order valence-corrected chi connectivity index (χ2v) is 7.46. The zero-order valence-corrected chi connectivity index (χ0v) is 13.2. The van der Waals surface area contributed by atoms with Crippen LogP contribution >= 0.6 is 0 Å². The summed E-state index contributed by atoms with van der Waals surface area (Å²) in [5.74, 6) is 0. The van der Waals surface area contributed by atoms with Gasteiger partial charge < -0.3 is 4.74 Å². The van der Waals surface area contributed by atoms with E-state index in [4.69, 9.17) is 4.74 Å². The minimum absolute atomic E-state index is 0.174. The van der Waals surface area contributed by atoms with Gasteiger partial charge in [0, 0.05) is 7.11 Å². The molecule has 1 aliphatic rings. The Morgan fingerprint density at radius 3 is 2.50 bits per heavy atom. The van der Waals surface area contributed by atoms with Crippen LogP contribution in [0.15, 0.2) is 29.2 Å². The largest absolute Gasteiger partial charge is 0.377 e. The number of methoxy groups -OCH3 is 1. The SMILES string of the molecule is CO[C@@]1(C)CCCC[C@@H]1NS(=O)(=O)c1ccc(C)cc1. The molecule has 0 aliphatic heterocycles. The van der Waals surface area contributed by atoms with Gasteiger partial charge >= 0.3 is 0 Å². The third-order valence-electron chi connectivity index (χ3n) is 4.25. The molecule has 0 spiro atoms. The van der Waals surface area contributed by atoms with E-state index < -0.39 is 15.6 Å². The van der Waals surface area contributed by atoms with Gasteiger partial charge in [-0.2, -0.15) is 0 Å². The van der Waals surface area contributed by atoms with Gasteiger partial charge in [-0.3, -0.25) is 0 Å². The first kappa shape index (κ1) is 15.5. The lowest BCUT2D eigenvalue weighted by molar-refractivity contribution is -0.0430. The summed E-state index contributed by atoms with van der Waals surface area (Å²) in [6.07, 6.45) is 3.80. The first-order valence-corrected chi connectivity index (χ1v) is 8.50. The fourth-order valence-corrected chi connectivity index (χ4v) is 4.08. The van der Waals surface area contributed by atoms with Gasteiger partial charge in [0.2, 0.25) is 10.0 Å². The van der Waals surface area contributed by atoms with E-state index in [2.05, 4.69) is 4.72 Å². The summed E-state index contributed by atoms with van der Waals surface area (Å²) in [5, 5.41) is 0. The lowest BCUT2D eigenvalue weighted by Gasteiger charge is -2.40. The predicted octanol–water partition coefficient (Wildman–Crippen LogP) is 2.62. The summed E-state index contributed by atoms with van der Waals surface area (Å²) >= 11 is 0. The van der Waals surface area contributed by atoms with Crippen LogP contribution in [0.3, 0.4) is 0 Å². The fraction of sp³-hybridized carbons (Fsp3) is 0.600. The summed E-state index contributed by atoms with van der Waals surface area (Å²) in [6, 6.07) is 6.73. The zero-order chi connectivity index (χ0) is 14.8. The molecule has 0 radical (unpaired) electrons.